The number of aromatic nitrogens is 4. The van der Waals surface area contributed by atoms with E-state index in [2.05, 4.69) is 34.7 Å². The van der Waals surface area contributed by atoms with E-state index in [1.165, 1.54) is 0 Å². The summed E-state index contributed by atoms with van der Waals surface area (Å²) in [7, 11) is 0. The average Bonchev–Trinajstić information content (AvgIpc) is 2.85. The van der Waals surface area contributed by atoms with Crippen LogP contribution in [0.25, 0.3) is 5.69 Å². The SMILES string of the molecule is CC(C)CNC(C)c1nnnn1-c1c(Cl)cccc1Cl. The van der Waals surface area contributed by atoms with Crippen molar-refractivity contribution in [2.75, 3.05) is 6.54 Å². The minimum atomic E-state index is -0.000241. The third-order valence-electron chi connectivity index (χ3n) is 2.86. The Morgan fingerprint density at radius 1 is 1.20 bits per heavy atom. The van der Waals surface area contributed by atoms with Crippen molar-refractivity contribution in [3.05, 3.63) is 34.1 Å². The molecule has 0 saturated carbocycles. The monoisotopic (exact) mass is 313 g/mol. The summed E-state index contributed by atoms with van der Waals surface area (Å²) >= 11 is 12.4. The summed E-state index contributed by atoms with van der Waals surface area (Å²) in [5, 5.41) is 16.2. The molecule has 2 rings (SSSR count). The van der Waals surface area contributed by atoms with Gasteiger partial charge in [-0.15, -0.1) is 5.10 Å². The normalized spacial score (nSPS) is 12.9. The zero-order valence-corrected chi connectivity index (χ0v) is 13.2. The van der Waals surface area contributed by atoms with Crippen molar-refractivity contribution in [3.63, 3.8) is 0 Å². The Morgan fingerprint density at radius 3 is 2.45 bits per heavy atom. The average molecular weight is 314 g/mol. The lowest BCUT2D eigenvalue weighted by molar-refractivity contribution is 0.475. The van der Waals surface area contributed by atoms with E-state index in [0.717, 1.165) is 6.54 Å². The van der Waals surface area contributed by atoms with Crippen LogP contribution in [0.5, 0.6) is 0 Å². The van der Waals surface area contributed by atoms with Crippen molar-refractivity contribution in [2.45, 2.75) is 26.8 Å². The molecule has 0 amide bonds. The van der Waals surface area contributed by atoms with Crippen LogP contribution < -0.4 is 5.32 Å². The summed E-state index contributed by atoms with van der Waals surface area (Å²) in [6.45, 7) is 7.18. The van der Waals surface area contributed by atoms with E-state index in [1.807, 2.05) is 6.92 Å². The molecule has 0 fully saturated rings. The van der Waals surface area contributed by atoms with Crippen LogP contribution in [0.2, 0.25) is 10.0 Å². The van der Waals surface area contributed by atoms with Crippen LogP contribution >= 0.6 is 23.2 Å². The van der Waals surface area contributed by atoms with Crippen LogP contribution in [0.3, 0.4) is 0 Å². The maximum atomic E-state index is 6.20. The Bertz CT molecular complexity index is 562. The number of benzene rings is 1. The van der Waals surface area contributed by atoms with Crippen molar-refractivity contribution >= 4 is 23.2 Å². The highest BCUT2D eigenvalue weighted by molar-refractivity contribution is 6.37. The van der Waals surface area contributed by atoms with Crippen LogP contribution in [0, 0.1) is 5.92 Å². The molecule has 0 aliphatic carbocycles. The molecule has 0 spiro atoms. The maximum Gasteiger partial charge on any atom is 0.173 e. The number of halogens is 2. The molecule has 2 aromatic rings. The number of hydrogen-bond donors (Lipinski definition) is 1. The van der Waals surface area contributed by atoms with Crippen molar-refractivity contribution in [2.24, 2.45) is 5.92 Å². The molecule has 0 aliphatic heterocycles. The zero-order chi connectivity index (χ0) is 14.7. The number of nitrogens with one attached hydrogen (secondary N) is 1. The number of tetrazole rings is 1. The molecule has 0 radical (unpaired) electrons. The highest BCUT2D eigenvalue weighted by atomic mass is 35.5. The first-order chi connectivity index (χ1) is 9.50. The van der Waals surface area contributed by atoms with E-state index in [9.17, 15) is 0 Å². The minimum absolute atomic E-state index is 0.000241. The van der Waals surface area contributed by atoms with Crippen molar-refractivity contribution in [3.8, 4) is 5.69 Å². The predicted octanol–water partition coefficient (Wildman–Crippen LogP) is 3.28. The summed E-state index contributed by atoms with van der Waals surface area (Å²) < 4.78 is 1.59. The Hall–Kier alpha value is -1.17. The van der Waals surface area contributed by atoms with Gasteiger partial charge in [-0.3, -0.25) is 0 Å². The van der Waals surface area contributed by atoms with Crippen LogP contribution in [0.1, 0.15) is 32.6 Å². The fraction of sp³-hybridized carbons (Fsp3) is 0.462. The Morgan fingerprint density at radius 2 is 1.85 bits per heavy atom. The number of para-hydroxylation sites is 1. The lowest BCUT2D eigenvalue weighted by Crippen LogP contribution is -2.25. The first kappa shape index (κ1) is 15.2. The lowest BCUT2D eigenvalue weighted by atomic mass is 10.2. The molecule has 0 saturated heterocycles. The van der Waals surface area contributed by atoms with Crippen molar-refractivity contribution in [1.82, 2.24) is 25.5 Å². The molecule has 1 unspecified atom stereocenters. The Labute approximate surface area is 128 Å². The van der Waals surface area contributed by atoms with Gasteiger partial charge in [0.1, 0.15) is 5.69 Å². The van der Waals surface area contributed by atoms with Crippen LogP contribution in [0.15, 0.2) is 18.2 Å². The number of hydrogen-bond acceptors (Lipinski definition) is 4. The molecule has 0 bridgehead atoms. The zero-order valence-electron chi connectivity index (χ0n) is 11.6. The molecule has 20 heavy (non-hydrogen) atoms. The van der Waals surface area contributed by atoms with Gasteiger partial charge in [0, 0.05) is 0 Å². The predicted molar refractivity (Wildman–Crippen MR) is 80.4 cm³/mol. The number of nitrogens with zero attached hydrogens (tertiary/aromatic N) is 4. The molecule has 7 heteroatoms. The summed E-state index contributed by atoms with van der Waals surface area (Å²) in [5.74, 6) is 1.23. The first-order valence-electron chi connectivity index (χ1n) is 6.46. The van der Waals surface area contributed by atoms with E-state index in [4.69, 9.17) is 23.2 Å². The lowest BCUT2D eigenvalue weighted by Gasteiger charge is -2.16. The smallest absolute Gasteiger partial charge is 0.173 e. The topological polar surface area (TPSA) is 55.6 Å². The van der Waals surface area contributed by atoms with Crippen LogP contribution in [-0.2, 0) is 0 Å². The first-order valence-corrected chi connectivity index (χ1v) is 7.22. The Balaban J connectivity index is 2.33. The molecular weight excluding hydrogens is 297 g/mol. The van der Waals surface area contributed by atoms with Gasteiger partial charge in [0.05, 0.1) is 16.1 Å². The minimum Gasteiger partial charge on any atom is -0.307 e. The molecule has 1 aromatic carbocycles. The standard InChI is InChI=1S/C13H17Cl2N5/c1-8(2)7-16-9(3)13-17-18-19-20(13)12-10(14)5-4-6-11(12)15/h4-6,8-9,16H,7H2,1-3H3. The molecule has 0 aliphatic rings. The van der Waals surface area contributed by atoms with Gasteiger partial charge in [0.2, 0.25) is 0 Å². The van der Waals surface area contributed by atoms with Gasteiger partial charge in [-0.25, -0.2) is 0 Å². The fourth-order valence-electron chi connectivity index (χ4n) is 1.82. The number of rotatable bonds is 5. The van der Waals surface area contributed by atoms with E-state index in [-0.39, 0.29) is 6.04 Å². The maximum absolute atomic E-state index is 6.20. The molecule has 1 N–H and O–H groups in total. The highest BCUT2D eigenvalue weighted by Gasteiger charge is 2.19. The largest absolute Gasteiger partial charge is 0.307 e. The van der Waals surface area contributed by atoms with E-state index in [1.54, 1.807) is 22.9 Å². The molecule has 108 valence electrons. The van der Waals surface area contributed by atoms with Crippen molar-refractivity contribution < 1.29 is 0 Å². The Kier molecular flexibility index (Phi) is 4.96. The van der Waals surface area contributed by atoms with Crippen LogP contribution in [0.4, 0.5) is 0 Å². The van der Waals surface area contributed by atoms with Gasteiger partial charge in [0.15, 0.2) is 5.82 Å². The fourth-order valence-corrected chi connectivity index (χ4v) is 2.38. The molecule has 1 aromatic heterocycles. The quantitative estimate of drug-likeness (QED) is 0.920. The van der Waals surface area contributed by atoms with Crippen LogP contribution in [-0.4, -0.2) is 26.8 Å². The third-order valence-corrected chi connectivity index (χ3v) is 3.47. The van der Waals surface area contributed by atoms with E-state index in [0.29, 0.717) is 27.5 Å². The van der Waals surface area contributed by atoms with Crippen molar-refractivity contribution in [1.29, 1.82) is 0 Å². The van der Waals surface area contributed by atoms with Gasteiger partial charge >= 0.3 is 0 Å². The summed E-state index contributed by atoms with van der Waals surface area (Å²) in [5.41, 5.74) is 0.606. The highest BCUT2D eigenvalue weighted by Crippen LogP contribution is 2.29. The second-order valence-electron chi connectivity index (χ2n) is 5.04. The van der Waals surface area contributed by atoms with Gasteiger partial charge in [0.25, 0.3) is 0 Å². The molecular formula is C13H17Cl2N5. The molecule has 1 heterocycles. The second-order valence-corrected chi connectivity index (χ2v) is 5.86. The van der Waals surface area contributed by atoms with E-state index >= 15 is 0 Å². The van der Waals surface area contributed by atoms with Gasteiger partial charge in [-0.2, -0.15) is 4.68 Å². The molecule has 1 atom stereocenters. The third kappa shape index (κ3) is 3.29. The summed E-state index contributed by atoms with van der Waals surface area (Å²) in [6, 6.07) is 5.32. The van der Waals surface area contributed by atoms with E-state index < -0.39 is 0 Å². The second kappa shape index (κ2) is 6.52. The van der Waals surface area contributed by atoms with Gasteiger partial charge in [-0.1, -0.05) is 43.1 Å². The van der Waals surface area contributed by atoms with Gasteiger partial charge in [-0.05, 0) is 41.9 Å². The summed E-state index contributed by atoms with van der Waals surface area (Å²) in [4.78, 5) is 0. The molecule has 5 nitrogen and oxygen atoms in total. The van der Waals surface area contributed by atoms with Gasteiger partial charge < -0.3 is 5.32 Å². The summed E-state index contributed by atoms with van der Waals surface area (Å²) in [6.07, 6.45) is 0.